The molecule has 0 atom stereocenters. The summed E-state index contributed by atoms with van der Waals surface area (Å²) < 4.78 is 0. The molecular weight excluding hydrogens is 272 g/mol. The molecule has 6 heavy (non-hydrogen) atoms. The Hall–Kier alpha value is 1.87. The van der Waals surface area contributed by atoms with Crippen molar-refractivity contribution in [1.29, 1.82) is 0 Å². The van der Waals surface area contributed by atoms with Crippen LogP contribution in [-0.2, 0) is 16.5 Å². The van der Waals surface area contributed by atoms with Crippen molar-refractivity contribution in [2.75, 3.05) is 0 Å². The Kier molecular flexibility index (Phi) is 75.0. The van der Waals surface area contributed by atoms with Crippen LogP contribution in [0.2, 0.25) is 0 Å². The molecule has 0 fully saturated rings. The average molecular weight is 277 g/mol. The first kappa shape index (κ1) is 15.7. The molecule has 0 saturated heterocycles. The molecule has 0 aliphatic rings. The molecule has 0 heterocycles. The Balaban J connectivity index is -0.0000000275. The molecule has 0 N–H and O–H groups in total. The maximum absolute atomic E-state index is 4.93. The van der Waals surface area contributed by atoms with Crippen LogP contribution in [0.4, 0.5) is 0 Å². The number of rotatable bonds is 0. The summed E-state index contributed by atoms with van der Waals surface area (Å²) >= 11 is -0.826. The molecule has 0 bridgehead atoms. The summed E-state index contributed by atoms with van der Waals surface area (Å²) in [5, 5.41) is 0. The zero-order chi connectivity index (χ0) is 4.71. The van der Waals surface area contributed by atoms with Gasteiger partial charge in [-0.15, -0.1) is 0 Å². The van der Waals surface area contributed by atoms with E-state index in [0.29, 0.717) is 0 Å². The zero-order valence-corrected chi connectivity index (χ0v) is 8.63. The van der Waals surface area contributed by atoms with Gasteiger partial charge in [0, 0.05) is 16.5 Å². The molecule has 0 spiro atoms. The van der Waals surface area contributed by atoms with Crippen LogP contribution in [0.5, 0.6) is 0 Å². The van der Waals surface area contributed by atoms with Gasteiger partial charge in [-0.25, -0.2) is 0 Å². The molecule has 0 aliphatic heterocycles. The molecule has 0 aromatic carbocycles. The minimum absolute atomic E-state index is 0. The smallest absolute Gasteiger partial charge is 0 e. The SMILES string of the molecule is [CH2]C.[Cl][Sn][Cl].[Ni]. The summed E-state index contributed by atoms with van der Waals surface area (Å²) in [4.78, 5) is 0. The quantitative estimate of drug-likeness (QED) is 0.593. The Morgan fingerprint density at radius 2 is 1.33 bits per heavy atom. The topological polar surface area (TPSA) is 0 Å². The predicted octanol–water partition coefficient (Wildman–Crippen LogP) is 1.84. The first-order valence-corrected chi connectivity index (χ1v) is 8.31. The van der Waals surface area contributed by atoms with Gasteiger partial charge in [-0.1, -0.05) is 13.8 Å². The fourth-order valence-corrected chi connectivity index (χ4v) is 0. The molecule has 0 nitrogen and oxygen atoms in total. The summed E-state index contributed by atoms with van der Waals surface area (Å²) in [6.45, 7) is 5.00. The Morgan fingerprint density at radius 1 is 1.33 bits per heavy atom. The van der Waals surface area contributed by atoms with Gasteiger partial charge in [-0.3, -0.25) is 0 Å². The third kappa shape index (κ3) is 39.8. The fourth-order valence-electron chi connectivity index (χ4n) is 0. The summed E-state index contributed by atoms with van der Waals surface area (Å²) in [6, 6.07) is 0. The third-order valence-electron chi connectivity index (χ3n) is 0. The molecule has 3 radical (unpaired) electrons. The van der Waals surface area contributed by atoms with Gasteiger partial charge in [0.25, 0.3) is 0 Å². The summed E-state index contributed by atoms with van der Waals surface area (Å²) in [5.41, 5.74) is 0. The minimum atomic E-state index is -0.826. The van der Waals surface area contributed by atoms with Crippen molar-refractivity contribution in [3.05, 3.63) is 6.92 Å². The molecule has 0 saturated carbocycles. The first-order chi connectivity index (χ1) is 2.41. The van der Waals surface area contributed by atoms with Crippen molar-refractivity contribution in [2.24, 2.45) is 0 Å². The van der Waals surface area contributed by atoms with Gasteiger partial charge in [0.05, 0.1) is 0 Å². The molecule has 0 rings (SSSR count). The normalized spacial score (nSPS) is 4.00. The van der Waals surface area contributed by atoms with Crippen molar-refractivity contribution < 1.29 is 16.5 Å². The fraction of sp³-hybridized carbons (Fsp3) is 0.500. The van der Waals surface area contributed by atoms with E-state index in [1.54, 1.807) is 6.92 Å². The van der Waals surface area contributed by atoms with Crippen LogP contribution in [0.25, 0.3) is 0 Å². The van der Waals surface area contributed by atoms with Crippen LogP contribution in [0.1, 0.15) is 6.92 Å². The van der Waals surface area contributed by atoms with Crippen molar-refractivity contribution >= 4 is 36.7 Å². The molecular formula is C2H5Cl2NiSn. The van der Waals surface area contributed by atoms with Crippen molar-refractivity contribution in [1.82, 2.24) is 0 Å². The maximum Gasteiger partial charge on any atom is 0 e. The Morgan fingerprint density at radius 3 is 1.33 bits per heavy atom. The molecule has 4 heteroatoms. The minimum Gasteiger partial charge on any atom is 0 e. The molecule has 41 valence electrons. The second-order valence-electron chi connectivity index (χ2n) is 0.0714. The monoisotopic (exact) mass is 277 g/mol. The van der Waals surface area contributed by atoms with E-state index in [0.717, 1.165) is 0 Å². The van der Waals surface area contributed by atoms with Crippen LogP contribution >= 0.6 is 17.8 Å². The summed E-state index contributed by atoms with van der Waals surface area (Å²) in [7, 11) is 9.87. The van der Waals surface area contributed by atoms with Crippen LogP contribution in [-0.4, -0.2) is 18.9 Å². The second-order valence-corrected chi connectivity index (χ2v) is 4.31. The van der Waals surface area contributed by atoms with Gasteiger partial charge >= 0.3 is 36.7 Å². The van der Waals surface area contributed by atoms with Crippen molar-refractivity contribution in [2.45, 2.75) is 6.92 Å². The molecule has 0 aromatic rings. The largest absolute Gasteiger partial charge is 0 e. The Bertz CT molecular complexity index is 11.5. The maximum atomic E-state index is 4.93. The van der Waals surface area contributed by atoms with Crippen LogP contribution in [0, 0.1) is 6.92 Å². The van der Waals surface area contributed by atoms with Crippen LogP contribution in [0.3, 0.4) is 0 Å². The van der Waals surface area contributed by atoms with Crippen LogP contribution in [0.15, 0.2) is 0 Å². The third-order valence-corrected chi connectivity index (χ3v) is 0. The number of hydrogen-bond donors (Lipinski definition) is 0. The zero-order valence-electron chi connectivity index (χ0n) is 3.28. The van der Waals surface area contributed by atoms with E-state index >= 15 is 0 Å². The van der Waals surface area contributed by atoms with Crippen molar-refractivity contribution in [3.63, 3.8) is 0 Å². The standard InChI is InChI=1S/C2H5.2ClH.Ni.Sn/c1-2;;;;/h1H2,2H3;2*1H;;/q;;;;+2/p-2. The predicted molar refractivity (Wildman–Crippen MR) is 28.5 cm³/mol. The molecule has 0 aliphatic carbocycles. The van der Waals surface area contributed by atoms with Gasteiger partial charge in [0.1, 0.15) is 0 Å². The van der Waals surface area contributed by atoms with E-state index in [2.05, 4.69) is 6.92 Å². The molecule has 0 amide bonds. The van der Waals surface area contributed by atoms with Gasteiger partial charge in [0.2, 0.25) is 0 Å². The van der Waals surface area contributed by atoms with Gasteiger partial charge in [-0.05, 0) is 0 Å². The van der Waals surface area contributed by atoms with Gasteiger partial charge in [-0.2, -0.15) is 0 Å². The van der Waals surface area contributed by atoms with E-state index in [9.17, 15) is 0 Å². The van der Waals surface area contributed by atoms with Crippen molar-refractivity contribution in [3.8, 4) is 0 Å². The van der Waals surface area contributed by atoms with E-state index in [-0.39, 0.29) is 16.5 Å². The van der Waals surface area contributed by atoms with Crippen LogP contribution < -0.4 is 0 Å². The van der Waals surface area contributed by atoms with E-state index in [1.807, 2.05) is 0 Å². The Labute approximate surface area is 66.5 Å². The summed E-state index contributed by atoms with van der Waals surface area (Å²) in [6.07, 6.45) is 0. The second kappa shape index (κ2) is 28.7. The summed E-state index contributed by atoms with van der Waals surface area (Å²) in [5.74, 6) is 0. The van der Waals surface area contributed by atoms with Gasteiger partial charge < -0.3 is 0 Å². The van der Waals surface area contributed by atoms with Gasteiger partial charge in [0.15, 0.2) is 0 Å². The van der Waals surface area contributed by atoms with E-state index in [1.165, 1.54) is 0 Å². The number of hydrogen-bond acceptors (Lipinski definition) is 0. The van der Waals surface area contributed by atoms with E-state index < -0.39 is 18.9 Å². The average Bonchev–Trinajstić information content (AvgIpc) is 1.46. The first-order valence-electron chi connectivity index (χ1n) is 1.09. The molecule has 0 unspecified atom stereocenters. The number of halogens is 2. The molecule has 0 aromatic heterocycles. The van der Waals surface area contributed by atoms with E-state index in [4.69, 9.17) is 17.8 Å².